The Morgan fingerprint density at radius 3 is 2.30 bits per heavy atom. The number of nitrogens with zero attached hydrogens (tertiary/aromatic N) is 4. The van der Waals surface area contributed by atoms with Crippen LogP contribution in [0.25, 0.3) is 10.9 Å². The van der Waals surface area contributed by atoms with Crippen LogP contribution < -0.4 is 15.5 Å². The van der Waals surface area contributed by atoms with Crippen LogP contribution in [-0.4, -0.2) is 41.3 Å². The molecule has 0 amide bonds. The van der Waals surface area contributed by atoms with E-state index in [9.17, 15) is 0 Å². The number of hydrogen-bond acceptors (Lipinski definition) is 7. The third-order valence-electron chi connectivity index (χ3n) is 5.06. The van der Waals surface area contributed by atoms with E-state index in [0.717, 1.165) is 60.2 Å². The van der Waals surface area contributed by atoms with E-state index >= 15 is 0 Å². The maximum absolute atomic E-state index is 5.42. The van der Waals surface area contributed by atoms with Crippen molar-refractivity contribution < 1.29 is 4.74 Å². The average molecular weight is 398 g/mol. The Kier molecular flexibility index (Phi) is 5.10. The van der Waals surface area contributed by atoms with E-state index in [1.807, 2.05) is 30.3 Å². The summed E-state index contributed by atoms with van der Waals surface area (Å²) < 4.78 is 5.42. The van der Waals surface area contributed by atoms with Gasteiger partial charge < -0.3 is 20.3 Å². The molecule has 0 radical (unpaired) electrons. The van der Waals surface area contributed by atoms with Gasteiger partial charge in [-0.05, 0) is 48.5 Å². The fourth-order valence-electron chi connectivity index (χ4n) is 3.52. The standard InChI is InChI=1S/C23H22N6O/c1-2-17-14-19(5-8-21(17)24-9-1)28-23-15-22(25-16-26-23)27-18-3-6-20(7-4-18)29-10-12-30-13-11-29/h1-9,14-16H,10-13H2,(H2,25,26,27,28). The molecule has 7 heteroatoms. The Morgan fingerprint density at radius 1 is 0.767 bits per heavy atom. The molecule has 150 valence electrons. The summed E-state index contributed by atoms with van der Waals surface area (Å²) in [6.07, 6.45) is 3.35. The molecular formula is C23H22N6O. The van der Waals surface area contributed by atoms with E-state index < -0.39 is 0 Å². The zero-order valence-electron chi connectivity index (χ0n) is 16.5. The van der Waals surface area contributed by atoms with Crippen molar-refractivity contribution in [2.75, 3.05) is 41.8 Å². The molecule has 1 saturated heterocycles. The molecular weight excluding hydrogens is 376 g/mol. The summed E-state index contributed by atoms with van der Waals surface area (Å²) in [6.45, 7) is 3.42. The Labute approximate surface area is 174 Å². The van der Waals surface area contributed by atoms with Gasteiger partial charge in [0.1, 0.15) is 18.0 Å². The predicted molar refractivity (Wildman–Crippen MR) is 120 cm³/mol. The van der Waals surface area contributed by atoms with Crippen molar-refractivity contribution in [3.05, 3.63) is 73.2 Å². The molecule has 0 atom stereocenters. The second-order valence-corrected chi connectivity index (χ2v) is 7.10. The van der Waals surface area contributed by atoms with E-state index in [-0.39, 0.29) is 0 Å². The number of nitrogens with one attached hydrogen (secondary N) is 2. The van der Waals surface area contributed by atoms with Gasteiger partial charge >= 0.3 is 0 Å². The normalized spacial score (nSPS) is 13.9. The highest BCUT2D eigenvalue weighted by Gasteiger charge is 2.11. The molecule has 1 aliphatic heterocycles. The predicted octanol–water partition coefficient (Wildman–Crippen LogP) is 4.35. The second kappa shape index (κ2) is 8.34. The highest BCUT2D eigenvalue weighted by atomic mass is 16.5. The van der Waals surface area contributed by atoms with Gasteiger partial charge in [0.2, 0.25) is 0 Å². The van der Waals surface area contributed by atoms with Gasteiger partial charge in [-0.25, -0.2) is 9.97 Å². The van der Waals surface area contributed by atoms with Gasteiger partial charge in [0.25, 0.3) is 0 Å². The van der Waals surface area contributed by atoms with Gasteiger partial charge in [-0.15, -0.1) is 0 Å². The van der Waals surface area contributed by atoms with Crippen LogP contribution in [0.4, 0.5) is 28.7 Å². The largest absolute Gasteiger partial charge is 0.378 e. The van der Waals surface area contributed by atoms with E-state index in [2.05, 4.69) is 60.8 Å². The molecule has 0 bridgehead atoms. The lowest BCUT2D eigenvalue weighted by Crippen LogP contribution is -2.36. The number of morpholine rings is 1. The van der Waals surface area contributed by atoms with Crippen molar-refractivity contribution in [1.82, 2.24) is 15.0 Å². The quantitative estimate of drug-likeness (QED) is 0.518. The smallest absolute Gasteiger partial charge is 0.135 e. The molecule has 5 rings (SSSR count). The summed E-state index contributed by atoms with van der Waals surface area (Å²) in [6, 6.07) is 20.3. The maximum Gasteiger partial charge on any atom is 0.135 e. The first-order chi connectivity index (χ1) is 14.8. The molecule has 2 aromatic carbocycles. The maximum atomic E-state index is 5.42. The molecule has 0 spiro atoms. The minimum atomic E-state index is 0.723. The summed E-state index contributed by atoms with van der Waals surface area (Å²) in [5, 5.41) is 7.76. The van der Waals surface area contributed by atoms with Crippen molar-refractivity contribution in [3.8, 4) is 0 Å². The third-order valence-corrected chi connectivity index (χ3v) is 5.06. The first kappa shape index (κ1) is 18.3. The second-order valence-electron chi connectivity index (χ2n) is 7.10. The summed E-state index contributed by atoms with van der Waals surface area (Å²) in [5.41, 5.74) is 4.11. The lowest BCUT2D eigenvalue weighted by Gasteiger charge is -2.28. The van der Waals surface area contributed by atoms with Gasteiger partial charge in [-0.3, -0.25) is 4.98 Å². The zero-order valence-corrected chi connectivity index (χ0v) is 16.5. The van der Waals surface area contributed by atoms with Gasteiger partial charge in [0.15, 0.2) is 0 Å². The fourth-order valence-corrected chi connectivity index (χ4v) is 3.52. The summed E-state index contributed by atoms with van der Waals surface area (Å²) in [4.78, 5) is 15.4. The zero-order chi connectivity index (χ0) is 20.2. The van der Waals surface area contributed by atoms with Crippen molar-refractivity contribution in [3.63, 3.8) is 0 Å². The van der Waals surface area contributed by atoms with E-state index in [1.165, 1.54) is 5.69 Å². The fraction of sp³-hybridized carbons (Fsp3) is 0.174. The van der Waals surface area contributed by atoms with E-state index in [0.29, 0.717) is 0 Å². The van der Waals surface area contributed by atoms with Crippen LogP contribution >= 0.6 is 0 Å². The van der Waals surface area contributed by atoms with Crippen molar-refractivity contribution in [1.29, 1.82) is 0 Å². The average Bonchev–Trinajstić information content (AvgIpc) is 2.80. The highest BCUT2D eigenvalue weighted by Crippen LogP contribution is 2.24. The summed E-state index contributed by atoms with van der Waals surface area (Å²) >= 11 is 0. The number of benzene rings is 2. The minimum Gasteiger partial charge on any atom is -0.378 e. The van der Waals surface area contributed by atoms with Gasteiger partial charge in [0, 0.05) is 47.8 Å². The third kappa shape index (κ3) is 4.16. The molecule has 4 aromatic rings. The molecule has 2 N–H and O–H groups in total. The topological polar surface area (TPSA) is 75.2 Å². The Morgan fingerprint density at radius 2 is 1.50 bits per heavy atom. The lowest BCUT2D eigenvalue weighted by molar-refractivity contribution is 0.122. The van der Waals surface area contributed by atoms with Gasteiger partial charge in [0.05, 0.1) is 18.7 Å². The molecule has 0 saturated carbocycles. The lowest BCUT2D eigenvalue weighted by atomic mass is 10.2. The Hall–Kier alpha value is -3.71. The van der Waals surface area contributed by atoms with Crippen LogP contribution in [0, 0.1) is 0 Å². The summed E-state index contributed by atoms with van der Waals surface area (Å²) in [5.74, 6) is 1.45. The molecule has 3 heterocycles. The van der Waals surface area contributed by atoms with Crippen LogP contribution in [0.5, 0.6) is 0 Å². The number of rotatable bonds is 5. The number of anilines is 5. The SMILES string of the molecule is c1cnc2ccc(Nc3cc(Nc4ccc(N5CCOCC5)cc4)ncn3)cc2c1. The summed E-state index contributed by atoms with van der Waals surface area (Å²) in [7, 11) is 0. The van der Waals surface area contributed by atoms with E-state index in [4.69, 9.17) is 4.74 Å². The van der Waals surface area contributed by atoms with E-state index in [1.54, 1.807) is 12.5 Å². The molecule has 7 nitrogen and oxygen atoms in total. The number of aromatic nitrogens is 3. The van der Waals surface area contributed by atoms with Crippen LogP contribution in [0.1, 0.15) is 0 Å². The molecule has 2 aromatic heterocycles. The first-order valence-electron chi connectivity index (χ1n) is 9.97. The molecule has 30 heavy (non-hydrogen) atoms. The monoisotopic (exact) mass is 398 g/mol. The van der Waals surface area contributed by atoms with Crippen LogP contribution in [0.15, 0.2) is 73.2 Å². The van der Waals surface area contributed by atoms with Crippen molar-refractivity contribution in [2.45, 2.75) is 0 Å². The first-order valence-corrected chi connectivity index (χ1v) is 9.97. The van der Waals surface area contributed by atoms with Crippen LogP contribution in [0.3, 0.4) is 0 Å². The van der Waals surface area contributed by atoms with Crippen LogP contribution in [0.2, 0.25) is 0 Å². The van der Waals surface area contributed by atoms with Gasteiger partial charge in [-0.1, -0.05) is 6.07 Å². The minimum absolute atomic E-state index is 0.723. The number of hydrogen-bond donors (Lipinski definition) is 2. The molecule has 0 aliphatic carbocycles. The molecule has 1 fully saturated rings. The molecule has 1 aliphatic rings. The highest BCUT2D eigenvalue weighted by molar-refractivity contribution is 5.83. The van der Waals surface area contributed by atoms with Crippen molar-refractivity contribution >= 4 is 39.6 Å². The van der Waals surface area contributed by atoms with Crippen molar-refractivity contribution in [2.24, 2.45) is 0 Å². The Balaban J connectivity index is 1.28. The molecule has 0 unspecified atom stereocenters. The number of pyridine rings is 1. The number of ether oxygens (including phenoxy) is 1. The number of fused-ring (bicyclic) bond motifs is 1. The Bertz CT molecular complexity index is 1140. The van der Waals surface area contributed by atoms with Crippen LogP contribution in [-0.2, 0) is 4.74 Å². The van der Waals surface area contributed by atoms with Gasteiger partial charge in [-0.2, -0.15) is 0 Å².